The third kappa shape index (κ3) is 2.45. The van der Waals surface area contributed by atoms with Crippen LogP contribution in [0.25, 0.3) is 11.3 Å². The van der Waals surface area contributed by atoms with Crippen molar-refractivity contribution in [2.45, 2.75) is 13.0 Å². The minimum atomic E-state index is -0.0307. The molecule has 1 amide bonds. The van der Waals surface area contributed by atoms with E-state index in [9.17, 15) is 4.79 Å². The molecule has 98 valence electrons. The predicted octanol–water partition coefficient (Wildman–Crippen LogP) is 1.99. The van der Waals surface area contributed by atoms with E-state index in [1.807, 2.05) is 24.3 Å². The van der Waals surface area contributed by atoms with Crippen molar-refractivity contribution in [3.8, 4) is 17.0 Å². The van der Waals surface area contributed by atoms with Crippen LogP contribution in [0.1, 0.15) is 11.3 Å². The topological polar surface area (TPSA) is 77.2 Å². The van der Waals surface area contributed by atoms with Crippen LogP contribution in [-0.2, 0) is 11.3 Å². The van der Waals surface area contributed by atoms with Gasteiger partial charge in [-0.1, -0.05) is 0 Å². The average molecular weight is 275 g/mol. The third-order valence-electron chi connectivity index (χ3n) is 2.90. The first-order chi connectivity index (χ1) is 9.26. The molecule has 0 saturated heterocycles. The minimum Gasteiger partial charge on any atom is -0.491 e. The molecular formula is C13H13N3O2S. The Labute approximate surface area is 114 Å². The van der Waals surface area contributed by atoms with Crippen LogP contribution in [0.15, 0.2) is 24.3 Å². The lowest BCUT2D eigenvalue weighted by Gasteiger charge is -2.08. The maximum absolute atomic E-state index is 11.5. The number of hydrogen-bond acceptors (Lipinski definition) is 5. The van der Waals surface area contributed by atoms with Gasteiger partial charge < -0.3 is 15.8 Å². The highest BCUT2D eigenvalue weighted by atomic mass is 32.1. The Morgan fingerprint density at radius 1 is 1.42 bits per heavy atom. The Balaban J connectivity index is 1.98. The summed E-state index contributed by atoms with van der Waals surface area (Å²) in [5.41, 5.74) is 8.09. The van der Waals surface area contributed by atoms with Crippen LogP contribution >= 0.6 is 11.5 Å². The van der Waals surface area contributed by atoms with E-state index in [1.54, 1.807) is 0 Å². The first-order valence-corrected chi connectivity index (χ1v) is 6.76. The number of carbonyl (C=O) groups is 1. The van der Waals surface area contributed by atoms with Gasteiger partial charge in [-0.3, -0.25) is 4.79 Å². The van der Waals surface area contributed by atoms with Crippen LogP contribution in [-0.4, -0.2) is 16.9 Å². The van der Waals surface area contributed by atoms with Crippen molar-refractivity contribution in [2.75, 3.05) is 11.9 Å². The normalized spacial score (nSPS) is 14.3. The van der Waals surface area contributed by atoms with Gasteiger partial charge in [-0.05, 0) is 35.8 Å². The van der Waals surface area contributed by atoms with Crippen LogP contribution < -0.4 is 15.8 Å². The molecule has 0 spiro atoms. The van der Waals surface area contributed by atoms with Gasteiger partial charge in [0.1, 0.15) is 5.75 Å². The summed E-state index contributed by atoms with van der Waals surface area (Å²) in [6, 6.07) is 7.64. The molecule has 1 aliphatic heterocycles. The van der Waals surface area contributed by atoms with Crippen molar-refractivity contribution in [1.29, 1.82) is 0 Å². The lowest BCUT2D eigenvalue weighted by atomic mass is 10.1. The first-order valence-electron chi connectivity index (χ1n) is 5.99. The lowest BCUT2D eigenvalue weighted by molar-refractivity contribution is -0.116. The van der Waals surface area contributed by atoms with E-state index in [0.717, 1.165) is 16.1 Å². The van der Waals surface area contributed by atoms with Crippen LogP contribution in [0, 0.1) is 0 Å². The SMILES string of the molecule is NCc1cc(-c2ccc3c(c2)NC(=O)CCO3)ns1. The van der Waals surface area contributed by atoms with Crippen molar-refractivity contribution in [3.05, 3.63) is 29.1 Å². The second-order valence-corrected chi connectivity index (χ2v) is 5.13. The molecule has 0 unspecified atom stereocenters. The molecule has 2 heterocycles. The fourth-order valence-electron chi connectivity index (χ4n) is 1.92. The standard InChI is InChI=1S/C13H13N3O2S/c14-7-9-6-10(16-19-9)8-1-2-12-11(5-8)15-13(17)3-4-18-12/h1-2,5-6H,3-4,7,14H2,(H,15,17). The summed E-state index contributed by atoms with van der Waals surface area (Å²) in [5.74, 6) is 0.667. The number of hydrogen-bond donors (Lipinski definition) is 2. The number of aromatic nitrogens is 1. The number of benzene rings is 1. The van der Waals surface area contributed by atoms with Crippen LogP contribution in [0.5, 0.6) is 5.75 Å². The summed E-state index contributed by atoms with van der Waals surface area (Å²) >= 11 is 1.39. The number of nitrogens with one attached hydrogen (secondary N) is 1. The predicted molar refractivity (Wildman–Crippen MR) is 74.2 cm³/mol. The molecule has 1 aliphatic rings. The number of fused-ring (bicyclic) bond motifs is 1. The monoisotopic (exact) mass is 275 g/mol. The molecule has 0 saturated carbocycles. The fraction of sp³-hybridized carbons (Fsp3) is 0.231. The van der Waals surface area contributed by atoms with Crippen molar-refractivity contribution in [1.82, 2.24) is 4.37 Å². The van der Waals surface area contributed by atoms with E-state index in [0.29, 0.717) is 31.0 Å². The maximum atomic E-state index is 11.5. The zero-order chi connectivity index (χ0) is 13.2. The zero-order valence-electron chi connectivity index (χ0n) is 10.2. The van der Waals surface area contributed by atoms with Gasteiger partial charge in [0.25, 0.3) is 0 Å². The molecule has 3 rings (SSSR count). The summed E-state index contributed by atoms with van der Waals surface area (Å²) in [5, 5.41) is 2.84. The van der Waals surface area contributed by atoms with Gasteiger partial charge in [0.15, 0.2) is 0 Å². The minimum absolute atomic E-state index is 0.0307. The van der Waals surface area contributed by atoms with Gasteiger partial charge in [0.2, 0.25) is 5.91 Å². The fourth-order valence-corrected chi connectivity index (χ4v) is 2.54. The number of nitrogens with zero attached hydrogens (tertiary/aromatic N) is 1. The molecule has 19 heavy (non-hydrogen) atoms. The van der Waals surface area contributed by atoms with Crippen LogP contribution in [0.3, 0.4) is 0 Å². The molecule has 0 atom stereocenters. The van der Waals surface area contributed by atoms with Crippen molar-refractivity contribution < 1.29 is 9.53 Å². The summed E-state index contributed by atoms with van der Waals surface area (Å²) in [6.07, 6.45) is 0.373. The lowest BCUT2D eigenvalue weighted by Crippen LogP contribution is -2.10. The van der Waals surface area contributed by atoms with Gasteiger partial charge in [0.05, 0.1) is 24.4 Å². The largest absolute Gasteiger partial charge is 0.491 e. The summed E-state index contributed by atoms with van der Waals surface area (Å²) in [4.78, 5) is 12.6. The van der Waals surface area contributed by atoms with E-state index in [1.165, 1.54) is 11.5 Å². The summed E-state index contributed by atoms with van der Waals surface area (Å²) in [6.45, 7) is 0.897. The molecule has 1 aromatic carbocycles. The quantitative estimate of drug-likeness (QED) is 0.878. The molecule has 3 N–H and O–H groups in total. The Morgan fingerprint density at radius 3 is 3.11 bits per heavy atom. The Hall–Kier alpha value is -1.92. The molecule has 6 heteroatoms. The molecule has 1 aromatic heterocycles. The van der Waals surface area contributed by atoms with E-state index >= 15 is 0 Å². The number of rotatable bonds is 2. The molecule has 0 fully saturated rings. The highest BCUT2D eigenvalue weighted by Gasteiger charge is 2.15. The smallest absolute Gasteiger partial charge is 0.227 e. The highest BCUT2D eigenvalue weighted by molar-refractivity contribution is 7.06. The average Bonchev–Trinajstić information content (AvgIpc) is 2.81. The highest BCUT2D eigenvalue weighted by Crippen LogP contribution is 2.32. The number of nitrogens with two attached hydrogens (primary N) is 1. The van der Waals surface area contributed by atoms with Gasteiger partial charge in [-0.25, -0.2) is 0 Å². The van der Waals surface area contributed by atoms with Crippen molar-refractivity contribution in [3.63, 3.8) is 0 Å². The second kappa shape index (κ2) is 4.99. The van der Waals surface area contributed by atoms with E-state index in [4.69, 9.17) is 10.5 Å². The molecule has 0 radical (unpaired) electrons. The van der Waals surface area contributed by atoms with E-state index in [2.05, 4.69) is 9.69 Å². The van der Waals surface area contributed by atoms with Crippen LogP contribution in [0.2, 0.25) is 0 Å². The summed E-state index contributed by atoms with van der Waals surface area (Å²) < 4.78 is 9.87. The Kier molecular flexibility index (Phi) is 3.18. The van der Waals surface area contributed by atoms with Crippen LogP contribution in [0.4, 0.5) is 5.69 Å². The Bertz CT molecular complexity index is 624. The molecular weight excluding hydrogens is 262 g/mol. The van der Waals surface area contributed by atoms with Crippen molar-refractivity contribution in [2.24, 2.45) is 5.73 Å². The number of anilines is 1. The molecule has 2 aromatic rings. The van der Waals surface area contributed by atoms with Gasteiger partial charge in [-0.15, -0.1) is 0 Å². The number of amides is 1. The van der Waals surface area contributed by atoms with Gasteiger partial charge in [-0.2, -0.15) is 4.37 Å². The number of carbonyl (C=O) groups excluding carboxylic acids is 1. The molecule has 0 aliphatic carbocycles. The van der Waals surface area contributed by atoms with E-state index in [-0.39, 0.29) is 5.91 Å². The Morgan fingerprint density at radius 2 is 2.32 bits per heavy atom. The third-order valence-corrected chi connectivity index (χ3v) is 3.70. The van der Waals surface area contributed by atoms with Gasteiger partial charge in [0, 0.05) is 17.0 Å². The zero-order valence-corrected chi connectivity index (χ0v) is 11.0. The summed E-state index contributed by atoms with van der Waals surface area (Å²) in [7, 11) is 0. The first kappa shape index (κ1) is 12.1. The second-order valence-electron chi connectivity index (χ2n) is 4.24. The molecule has 0 bridgehead atoms. The number of ether oxygens (including phenoxy) is 1. The maximum Gasteiger partial charge on any atom is 0.227 e. The van der Waals surface area contributed by atoms with Gasteiger partial charge >= 0.3 is 0 Å². The molecule has 5 nitrogen and oxygen atoms in total. The van der Waals surface area contributed by atoms with Crippen molar-refractivity contribution >= 4 is 23.1 Å². The van der Waals surface area contributed by atoms with E-state index < -0.39 is 0 Å².